The average Bonchev–Trinajstić information content (AvgIpc) is 2.43. The fourth-order valence-electron chi connectivity index (χ4n) is 1.50. The molecule has 1 N–H and O–H groups in total. The van der Waals surface area contributed by atoms with Crippen LogP contribution in [0.2, 0.25) is 0 Å². The minimum absolute atomic E-state index is 0.188. The number of hydrogen-bond donors (Lipinski definition) is 1. The number of hydrogen-bond acceptors (Lipinski definition) is 4. The van der Waals surface area contributed by atoms with E-state index < -0.39 is 0 Å². The van der Waals surface area contributed by atoms with E-state index >= 15 is 0 Å². The summed E-state index contributed by atoms with van der Waals surface area (Å²) in [5.41, 5.74) is 0.735. The molecule has 5 heteroatoms. The summed E-state index contributed by atoms with van der Waals surface area (Å²) in [6.45, 7) is 0. The van der Waals surface area contributed by atoms with Crippen molar-refractivity contribution in [2.24, 2.45) is 0 Å². The van der Waals surface area contributed by atoms with Crippen LogP contribution in [0.1, 0.15) is 5.56 Å². The van der Waals surface area contributed by atoms with Crippen molar-refractivity contribution < 1.29 is 19.0 Å². The fraction of sp³-hybridized carbons (Fsp3) is 0.308. The maximum atomic E-state index is 11.2. The molecule has 5 nitrogen and oxygen atoms in total. The lowest BCUT2D eigenvalue weighted by Gasteiger charge is -2.13. The Labute approximate surface area is 106 Å². The highest BCUT2D eigenvalue weighted by Gasteiger charge is 2.14. The van der Waals surface area contributed by atoms with Crippen molar-refractivity contribution in [3.8, 4) is 17.2 Å². The largest absolute Gasteiger partial charge is 0.493 e. The molecule has 0 radical (unpaired) electrons. The Morgan fingerprint density at radius 1 is 1.11 bits per heavy atom. The first-order chi connectivity index (χ1) is 8.67. The van der Waals surface area contributed by atoms with E-state index in [0.717, 1.165) is 5.56 Å². The highest BCUT2D eigenvalue weighted by molar-refractivity contribution is 5.92. The van der Waals surface area contributed by atoms with Crippen LogP contribution in [0.5, 0.6) is 17.2 Å². The molecule has 0 atom stereocenters. The van der Waals surface area contributed by atoms with Gasteiger partial charge in [-0.3, -0.25) is 4.79 Å². The number of nitrogens with one attached hydrogen (secondary N) is 1. The lowest BCUT2D eigenvalue weighted by atomic mass is 10.1. The molecule has 98 valence electrons. The summed E-state index contributed by atoms with van der Waals surface area (Å²) in [7, 11) is 6.19. The summed E-state index contributed by atoms with van der Waals surface area (Å²) >= 11 is 0. The van der Waals surface area contributed by atoms with E-state index in [1.165, 1.54) is 20.3 Å². The van der Waals surface area contributed by atoms with Crippen LogP contribution in [0.3, 0.4) is 0 Å². The third-order valence-electron chi connectivity index (χ3n) is 2.40. The molecule has 0 heterocycles. The number of benzene rings is 1. The van der Waals surface area contributed by atoms with Gasteiger partial charge in [0.05, 0.1) is 21.3 Å². The topological polar surface area (TPSA) is 56.8 Å². The van der Waals surface area contributed by atoms with Gasteiger partial charge in [0.2, 0.25) is 11.7 Å². The second-order valence-corrected chi connectivity index (χ2v) is 3.37. The Balaban J connectivity index is 3.20. The fourth-order valence-corrected chi connectivity index (χ4v) is 1.50. The van der Waals surface area contributed by atoms with Gasteiger partial charge in [0.1, 0.15) is 0 Å². The van der Waals surface area contributed by atoms with Crippen LogP contribution in [-0.4, -0.2) is 34.3 Å². The van der Waals surface area contributed by atoms with Gasteiger partial charge in [0.15, 0.2) is 11.5 Å². The van der Waals surface area contributed by atoms with Crippen LogP contribution >= 0.6 is 0 Å². The van der Waals surface area contributed by atoms with E-state index in [-0.39, 0.29) is 5.91 Å². The summed E-state index contributed by atoms with van der Waals surface area (Å²) in [6, 6.07) is 3.55. The van der Waals surface area contributed by atoms with Gasteiger partial charge < -0.3 is 19.5 Å². The third kappa shape index (κ3) is 2.94. The number of ether oxygens (including phenoxy) is 3. The van der Waals surface area contributed by atoms with Crippen molar-refractivity contribution in [1.82, 2.24) is 5.32 Å². The van der Waals surface area contributed by atoms with Gasteiger partial charge >= 0.3 is 0 Å². The molecule has 0 saturated carbocycles. The minimum atomic E-state index is -0.188. The van der Waals surface area contributed by atoms with E-state index in [2.05, 4.69) is 5.32 Å². The summed E-state index contributed by atoms with van der Waals surface area (Å²) in [4.78, 5) is 11.2. The molecule has 1 aromatic rings. The van der Waals surface area contributed by atoms with Crippen LogP contribution in [-0.2, 0) is 4.79 Å². The molecule has 0 fully saturated rings. The summed E-state index contributed by atoms with van der Waals surface area (Å²) in [5, 5.41) is 2.50. The molecule has 0 bridgehead atoms. The highest BCUT2D eigenvalue weighted by Crippen LogP contribution is 2.40. The van der Waals surface area contributed by atoms with E-state index in [9.17, 15) is 4.79 Å². The summed E-state index contributed by atoms with van der Waals surface area (Å²) in [6.07, 6.45) is 3.07. The lowest BCUT2D eigenvalue weighted by Crippen LogP contribution is -2.13. The van der Waals surface area contributed by atoms with E-state index in [0.29, 0.717) is 17.2 Å². The summed E-state index contributed by atoms with van der Waals surface area (Å²) < 4.78 is 15.7. The van der Waals surface area contributed by atoms with Gasteiger partial charge in [-0.1, -0.05) is 0 Å². The maximum absolute atomic E-state index is 11.2. The maximum Gasteiger partial charge on any atom is 0.243 e. The van der Waals surface area contributed by atoms with E-state index in [4.69, 9.17) is 14.2 Å². The monoisotopic (exact) mass is 251 g/mol. The first-order valence-corrected chi connectivity index (χ1v) is 5.36. The number of methoxy groups -OCH3 is 3. The Hall–Kier alpha value is -2.17. The van der Waals surface area contributed by atoms with Crippen LogP contribution in [0.25, 0.3) is 6.08 Å². The number of amides is 1. The molecule has 0 aliphatic rings. The lowest BCUT2D eigenvalue weighted by molar-refractivity contribution is -0.115. The molecule has 0 spiro atoms. The molecule has 1 rings (SSSR count). The second kappa shape index (κ2) is 6.54. The zero-order valence-corrected chi connectivity index (χ0v) is 10.9. The molecule has 0 aromatic heterocycles. The molecule has 1 aromatic carbocycles. The average molecular weight is 251 g/mol. The standard InChI is InChI=1S/C13H17NO4/c1-14-11(15)8-6-9-5-7-10(16-2)13(18-4)12(9)17-3/h5-8H,1-4H3,(H,14,15)/b8-6+. The normalized spacial score (nSPS) is 10.2. The van der Waals surface area contributed by atoms with Crippen molar-refractivity contribution >= 4 is 12.0 Å². The quantitative estimate of drug-likeness (QED) is 0.805. The number of carbonyl (C=O) groups excluding carboxylic acids is 1. The Bertz CT molecular complexity index is 455. The molecule has 1 amide bonds. The number of likely N-dealkylation sites (N-methyl/N-ethyl adjacent to an activating group) is 1. The Kier molecular flexibility index (Phi) is 5.05. The number of rotatable bonds is 5. The predicted octanol–water partition coefficient (Wildman–Crippen LogP) is 1.47. The van der Waals surface area contributed by atoms with Crippen molar-refractivity contribution in [3.05, 3.63) is 23.8 Å². The van der Waals surface area contributed by atoms with Gasteiger partial charge in [-0.05, 0) is 18.2 Å². The van der Waals surface area contributed by atoms with Crippen LogP contribution in [0, 0.1) is 0 Å². The van der Waals surface area contributed by atoms with Crippen LogP contribution in [0.4, 0.5) is 0 Å². The predicted molar refractivity (Wildman–Crippen MR) is 69.2 cm³/mol. The van der Waals surface area contributed by atoms with Crippen LogP contribution < -0.4 is 19.5 Å². The number of carbonyl (C=O) groups is 1. The van der Waals surface area contributed by atoms with E-state index in [1.807, 2.05) is 0 Å². The van der Waals surface area contributed by atoms with Gasteiger partial charge in [-0.25, -0.2) is 0 Å². The molecule has 0 aliphatic heterocycles. The van der Waals surface area contributed by atoms with Gasteiger partial charge in [0.25, 0.3) is 0 Å². The van der Waals surface area contributed by atoms with E-state index in [1.54, 1.807) is 32.4 Å². The van der Waals surface area contributed by atoms with Crippen molar-refractivity contribution in [3.63, 3.8) is 0 Å². The van der Waals surface area contributed by atoms with Gasteiger partial charge in [-0.15, -0.1) is 0 Å². The molecular formula is C13H17NO4. The van der Waals surface area contributed by atoms with Crippen molar-refractivity contribution in [1.29, 1.82) is 0 Å². The van der Waals surface area contributed by atoms with Crippen molar-refractivity contribution in [2.45, 2.75) is 0 Å². The van der Waals surface area contributed by atoms with Gasteiger partial charge in [-0.2, -0.15) is 0 Å². The SMILES string of the molecule is CNC(=O)/C=C/c1ccc(OC)c(OC)c1OC. The van der Waals surface area contributed by atoms with Gasteiger partial charge in [0, 0.05) is 18.7 Å². The molecular weight excluding hydrogens is 234 g/mol. The first-order valence-electron chi connectivity index (χ1n) is 5.36. The molecule has 0 unspecified atom stereocenters. The molecule has 18 heavy (non-hydrogen) atoms. The first kappa shape index (κ1) is 13.9. The zero-order chi connectivity index (χ0) is 13.5. The van der Waals surface area contributed by atoms with Crippen LogP contribution in [0.15, 0.2) is 18.2 Å². The zero-order valence-electron chi connectivity index (χ0n) is 10.9. The second-order valence-electron chi connectivity index (χ2n) is 3.37. The molecule has 0 aliphatic carbocycles. The third-order valence-corrected chi connectivity index (χ3v) is 2.40. The van der Waals surface area contributed by atoms with Crippen molar-refractivity contribution in [2.75, 3.05) is 28.4 Å². The minimum Gasteiger partial charge on any atom is -0.493 e. The highest BCUT2D eigenvalue weighted by atomic mass is 16.5. The smallest absolute Gasteiger partial charge is 0.243 e. The molecule has 0 saturated heterocycles. The Morgan fingerprint density at radius 3 is 2.28 bits per heavy atom. The Morgan fingerprint density at radius 2 is 1.78 bits per heavy atom. The summed E-state index contributed by atoms with van der Waals surface area (Å²) in [5.74, 6) is 1.41.